The second kappa shape index (κ2) is 6.31. The monoisotopic (exact) mass is 292 g/mol. The lowest BCUT2D eigenvalue weighted by atomic mass is 10.1. The van der Waals surface area contributed by atoms with Crippen LogP contribution in [0.15, 0.2) is 36.4 Å². The molecule has 0 saturated carbocycles. The van der Waals surface area contributed by atoms with Gasteiger partial charge in [-0.15, -0.1) is 10.2 Å². The van der Waals surface area contributed by atoms with E-state index in [4.69, 9.17) is 17.3 Å². The molecule has 0 aliphatic heterocycles. The zero-order valence-electron chi connectivity index (χ0n) is 10.5. The van der Waals surface area contributed by atoms with Crippen molar-refractivity contribution in [3.63, 3.8) is 0 Å². The topological polar surface area (TPSA) is 101 Å². The van der Waals surface area contributed by atoms with E-state index in [9.17, 15) is 9.90 Å². The summed E-state index contributed by atoms with van der Waals surface area (Å²) in [6, 6.07) is 8.86. The van der Waals surface area contributed by atoms with Crippen LogP contribution in [0.4, 0.5) is 5.82 Å². The summed E-state index contributed by atoms with van der Waals surface area (Å²) >= 11 is 5.60. The van der Waals surface area contributed by atoms with Gasteiger partial charge >= 0.3 is 0 Å². The highest BCUT2D eigenvalue weighted by Gasteiger charge is 2.15. The molecule has 104 valence electrons. The van der Waals surface area contributed by atoms with Crippen molar-refractivity contribution < 1.29 is 9.90 Å². The van der Waals surface area contributed by atoms with E-state index in [1.165, 1.54) is 6.07 Å². The second-order valence-corrected chi connectivity index (χ2v) is 4.59. The highest BCUT2D eigenvalue weighted by Crippen LogP contribution is 2.11. The number of hydrogen-bond acceptors (Lipinski definition) is 5. The number of benzene rings is 1. The molecular formula is C13H13ClN4O2. The molecule has 6 nitrogen and oxygen atoms in total. The van der Waals surface area contributed by atoms with Crippen LogP contribution in [0.2, 0.25) is 5.15 Å². The van der Waals surface area contributed by atoms with Gasteiger partial charge in [0, 0.05) is 0 Å². The van der Waals surface area contributed by atoms with E-state index >= 15 is 0 Å². The van der Waals surface area contributed by atoms with E-state index in [-0.39, 0.29) is 16.8 Å². The largest absolute Gasteiger partial charge is 0.508 e. The molecule has 2 aromatic rings. The van der Waals surface area contributed by atoms with E-state index in [0.717, 1.165) is 5.56 Å². The lowest BCUT2D eigenvalue weighted by Crippen LogP contribution is -2.37. The van der Waals surface area contributed by atoms with Gasteiger partial charge in [-0.05, 0) is 36.2 Å². The van der Waals surface area contributed by atoms with Crippen molar-refractivity contribution in [3.8, 4) is 5.75 Å². The standard InChI is InChI=1S/C13H13ClN4O2/c14-11-5-6-12(18-17-11)16-13(20)10(15)7-8-1-3-9(19)4-2-8/h1-6,10,19H,7,15H2,(H,16,18,20)/t10-/m1/s1. The van der Waals surface area contributed by atoms with Crippen molar-refractivity contribution >= 4 is 23.3 Å². The van der Waals surface area contributed by atoms with Crippen molar-refractivity contribution in [1.29, 1.82) is 0 Å². The minimum Gasteiger partial charge on any atom is -0.508 e. The Hall–Kier alpha value is -2.18. The molecule has 0 saturated heterocycles. The van der Waals surface area contributed by atoms with E-state index in [2.05, 4.69) is 15.5 Å². The van der Waals surface area contributed by atoms with Crippen molar-refractivity contribution in [2.75, 3.05) is 5.32 Å². The van der Waals surface area contributed by atoms with Gasteiger partial charge in [-0.3, -0.25) is 4.79 Å². The summed E-state index contributed by atoms with van der Waals surface area (Å²) in [5, 5.41) is 19.3. The van der Waals surface area contributed by atoms with E-state index in [1.807, 2.05) is 0 Å². The molecule has 4 N–H and O–H groups in total. The third-order valence-electron chi connectivity index (χ3n) is 2.61. The molecule has 0 bridgehead atoms. The smallest absolute Gasteiger partial charge is 0.242 e. The van der Waals surface area contributed by atoms with Crippen molar-refractivity contribution in [2.45, 2.75) is 12.5 Å². The third kappa shape index (κ3) is 3.91. The number of aromatic hydroxyl groups is 1. The minimum atomic E-state index is -0.725. The second-order valence-electron chi connectivity index (χ2n) is 4.21. The first kappa shape index (κ1) is 14.2. The number of phenols is 1. The maximum Gasteiger partial charge on any atom is 0.242 e. The number of rotatable bonds is 4. The molecule has 1 heterocycles. The molecule has 2 rings (SSSR count). The SMILES string of the molecule is N[C@H](Cc1ccc(O)cc1)C(=O)Nc1ccc(Cl)nn1. The number of aromatic nitrogens is 2. The van der Waals surface area contributed by atoms with Gasteiger partial charge in [0.05, 0.1) is 6.04 Å². The zero-order chi connectivity index (χ0) is 14.5. The molecule has 0 aliphatic carbocycles. The van der Waals surface area contributed by atoms with E-state index < -0.39 is 6.04 Å². The molecule has 1 amide bonds. The molecule has 0 unspecified atom stereocenters. The van der Waals surface area contributed by atoms with Gasteiger partial charge < -0.3 is 16.2 Å². The van der Waals surface area contributed by atoms with Crippen LogP contribution in [-0.2, 0) is 11.2 Å². The molecule has 0 radical (unpaired) electrons. The van der Waals surface area contributed by atoms with Crippen LogP contribution < -0.4 is 11.1 Å². The molecule has 0 fully saturated rings. The number of amides is 1. The minimum absolute atomic E-state index is 0.170. The van der Waals surface area contributed by atoms with Crippen LogP contribution in [0.3, 0.4) is 0 Å². The lowest BCUT2D eigenvalue weighted by molar-refractivity contribution is -0.117. The fourth-order valence-electron chi connectivity index (χ4n) is 1.58. The zero-order valence-corrected chi connectivity index (χ0v) is 11.2. The summed E-state index contributed by atoms with van der Waals surface area (Å²) in [4.78, 5) is 11.9. The fourth-order valence-corrected chi connectivity index (χ4v) is 1.68. The number of nitrogens with two attached hydrogens (primary N) is 1. The highest BCUT2D eigenvalue weighted by molar-refractivity contribution is 6.29. The Morgan fingerprint density at radius 2 is 1.95 bits per heavy atom. The molecule has 0 aliphatic rings. The Kier molecular flexibility index (Phi) is 4.49. The number of anilines is 1. The number of hydrogen-bond donors (Lipinski definition) is 3. The Balaban J connectivity index is 1.94. The molecule has 7 heteroatoms. The summed E-state index contributed by atoms with van der Waals surface area (Å²) in [7, 11) is 0. The van der Waals surface area contributed by atoms with Crippen LogP contribution >= 0.6 is 11.6 Å². The number of phenolic OH excluding ortho intramolecular Hbond substituents is 1. The normalized spacial score (nSPS) is 11.9. The van der Waals surface area contributed by atoms with Gasteiger partial charge in [0.1, 0.15) is 5.75 Å². The first-order valence-electron chi connectivity index (χ1n) is 5.88. The summed E-state index contributed by atoms with van der Waals surface area (Å²) < 4.78 is 0. The predicted molar refractivity (Wildman–Crippen MR) is 75.5 cm³/mol. The fraction of sp³-hybridized carbons (Fsp3) is 0.154. The summed E-state index contributed by atoms with van der Waals surface area (Å²) in [6.45, 7) is 0. The van der Waals surface area contributed by atoms with Gasteiger partial charge in [-0.1, -0.05) is 23.7 Å². The summed E-state index contributed by atoms with van der Waals surface area (Å²) in [5.74, 6) is 0.0958. The van der Waals surface area contributed by atoms with E-state index in [1.54, 1.807) is 30.3 Å². The maximum atomic E-state index is 11.9. The van der Waals surface area contributed by atoms with Crippen LogP contribution in [0.1, 0.15) is 5.56 Å². The predicted octanol–water partition coefficient (Wildman–Crippen LogP) is 1.34. The van der Waals surface area contributed by atoms with E-state index in [0.29, 0.717) is 12.2 Å². The molecule has 20 heavy (non-hydrogen) atoms. The van der Waals surface area contributed by atoms with Crippen molar-refractivity contribution in [2.24, 2.45) is 5.73 Å². The number of nitrogens with one attached hydrogen (secondary N) is 1. The Labute approximate surface area is 120 Å². The Morgan fingerprint density at radius 3 is 2.55 bits per heavy atom. The number of nitrogens with zero attached hydrogens (tertiary/aromatic N) is 2. The summed E-state index contributed by atoms with van der Waals surface area (Å²) in [5.41, 5.74) is 6.67. The third-order valence-corrected chi connectivity index (χ3v) is 2.81. The first-order chi connectivity index (χ1) is 9.54. The quantitative estimate of drug-likeness (QED) is 0.789. The van der Waals surface area contributed by atoms with Gasteiger partial charge in [0.2, 0.25) is 5.91 Å². The van der Waals surface area contributed by atoms with Gasteiger partial charge in [-0.2, -0.15) is 0 Å². The average Bonchev–Trinajstić information content (AvgIpc) is 2.44. The van der Waals surface area contributed by atoms with Gasteiger partial charge in [-0.25, -0.2) is 0 Å². The highest BCUT2D eigenvalue weighted by atomic mass is 35.5. The Morgan fingerprint density at radius 1 is 1.25 bits per heavy atom. The molecular weight excluding hydrogens is 280 g/mol. The number of halogens is 1. The maximum absolute atomic E-state index is 11.9. The average molecular weight is 293 g/mol. The number of carbonyl (C=O) groups excluding carboxylic acids is 1. The van der Waals surface area contributed by atoms with Crippen LogP contribution in [0.5, 0.6) is 5.75 Å². The van der Waals surface area contributed by atoms with Crippen LogP contribution in [0.25, 0.3) is 0 Å². The lowest BCUT2D eigenvalue weighted by Gasteiger charge is -2.11. The summed E-state index contributed by atoms with van der Waals surface area (Å²) in [6.07, 6.45) is 0.354. The molecule has 0 spiro atoms. The molecule has 1 aromatic carbocycles. The van der Waals surface area contributed by atoms with Gasteiger partial charge in [0.25, 0.3) is 0 Å². The Bertz CT molecular complexity index is 586. The van der Waals surface area contributed by atoms with Gasteiger partial charge in [0.15, 0.2) is 11.0 Å². The molecule has 1 aromatic heterocycles. The number of carbonyl (C=O) groups is 1. The first-order valence-corrected chi connectivity index (χ1v) is 6.26. The van der Waals surface area contributed by atoms with Crippen LogP contribution in [0, 0.1) is 0 Å². The van der Waals surface area contributed by atoms with Crippen molar-refractivity contribution in [3.05, 3.63) is 47.1 Å². The molecule has 1 atom stereocenters. The van der Waals surface area contributed by atoms with Crippen LogP contribution in [-0.4, -0.2) is 27.3 Å². The van der Waals surface area contributed by atoms with Crippen molar-refractivity contribution in [1.82, 2.24) is 10.2 Å².